The minimum absolute atomic E-state index is 0.0882. The van der Waals surface area contributed by atoms with E-state index in [0.717, 1.165) is 12.8 Å². The average Bonchev–Trinajstić information content (AvgIpc) is 2.26. The molecule has 0 rings (SSSR count). The summed E-state index contributed by atoms with van der Waals surface area (Å²) in [5.41, 5.74) is 0. The largest absolute Gasteiger partial charge is 0.481 e. The summed E-state index contributed by atoms with van der Waals surface area (Å²) in [5.74, 6) is -0.834. The fraction of sp³-hybridized carbons (Fsp3) is 0.800. The summed E-state index contributed by atoms with van der Waals surface area (Å²) in [6.07, 6.45) is 1.69. The predicted octanol–water partition coefficient (Wildman–Crippen LogP) is 0.602. The van der Waals surface area contributed by atoms with Crippen molar-refractivity contribution < 1.29 is 27.9 Å². The Kier molecular flexibility index (Phi) is 8.88. The second kappa shape index (κ2) is 9.56. The van der Waals surface area contributed by atoms with Crippen molar-refractivity contribution in [2.45, 2.75) is 39.0 Å². The van der Waals surface area contributed by atoms with Crippen LogP contribution in [-0.2, 0) is 19.7 Å². The molecular weight excluding hydrogens is 276 g/mol. The van der Waals surface area contributed by atoms with Crippen LogP contribution in [0.3, 0.4) is 0 Å². The first-order valence-electron chi connectivity index (χ1n) is 6.03. The minimum Gasteiger partial charge on any atom is -0.481 e. The molecule has 9 heteroatoms. The van der Waals surface area contributed by atoms with Crippen LogP contribution in [0.1, 0.15) is 39.0 Å². The second-order valence-electron chi connectivity index (χ2n) is 3.78. The van der Waals surface area contributed by atoms with Crippen molar-refractivity contribution in [1.29, 1.82) is 0 Å². The van der Waals surface area contributed by atoms with Gasteiger partial charge in [-0.05, 0) is 19.8 Å². The molecule has 0 aromatic carbocycles. The highest BCUT2D eigenvalue weighted by atomic mass is 32.2. The fourth-order valence-corrected chi connectivity index (χ4v) is 2.03. The number of carbonyl (C=O) groups is 2. The van der Waals surface area contributed by atoms with Gasteiger partial charge in [-0.1, -0.05) is 12.8 Å². The summed E-state index contributed by atoms with van der Waals surface area (Å²) in [6, 6.07) is 0. The number of nitrogens with one attached hydrogen (secondary N) is 2. The van der Waals surface area contributed by atoms with E-state index in [0.29, 0.717) is 12.8 Å². The normalized spacial score (nSPS) is 11.0. The Morgan fingerprint density at radius 2 is 1.79 bits per heavy atom. The van der Waals surface area contributed by atoms with E-state index in [1.807, 2.05) is 0 Å². The maximum atomic E-state index is 11.3. The van der Waals surface area contributed by atoms with Crippen LogP contribution < -0.4 is 9.44 Å². The number of hydrogen-bond donors (Lipinski definition) is 3. The van der Waals surface area contributed by atoms with E-state index in [-0.39, 0.29) is 19.6 Å². The lowest BCUT2D eigenvalue weighted by Gasteiger charge is -2.07. The lowest BCUT2D eigenvalue weighted by atomic mass is 10.1. The highest BCUT2D eigenvalue weighted by Gasteiger charge is 2.13. The van der Waals surface area contributed by atoms with Crippen molar-refractivity contribution in [3.63, 3.8) is 0 Å². The Labute approximate surface area is 112 Å². The van der Waals surface area contributed by atoms with Crippen molar-refractivity contribution in [2.24, 2.45) is 0 Å². The Morgan fingerprint density at radius 3 is 2.37 bits per heavy atom. The van der Waals surface area contributed by atoms with Gasteiger partial charge in [-0.15, -0.1) is 0 Å². The van der Waals surface area contributed by atoms with Gasteiger partial charge in [-0.2, -0.15) is 13.1 Å². The van der Waals surface area contributed by atoms with Crippen LogP contribution in [0.4, 0.5) is 4.79 Å². The number of aliphatic carboxylic acids is 1. The molecule has 0 saturated heterocycles. The molecule has 8 nitrogen and oxygen atoms in total. The Balaban J connectivity index is 3.64. The molecule has 0 aliphatic heterocycles. The number of carbonyl (C=O) groups excluding carboxylic acids is 1. The summed E-state index contributed by atoms with van der Waals surface area (Å²) < 4.78 is 30.9. The van der Waals surface area contributed by atoms with E-state index in [2.05, 4.69) is 9.46 Å². The summed E-state index contributed by atoms with van der Waals surface area (Å²) in [4.78, 5) is 21.1. The first-order valence-corrected chi connectivity index (χ1v) is 7.51. The standard InChI is InChI=1S/C10H20N2O6S/c1-2-18-10(15)12-19(16,17)11-8-6-4-3-5-7-9(13)14/h11H,2-8H2,1H3,(H,12,15)(H,13,14). The Morgan fingerprint density at radius 1 is 1.16 bits per heavy atom. The van der Waals surface area contributed by atoms with E-state index in [1.165, 1.54) is 0 Å². The quantitative estimate of drug-likeness (QED) is 0.507. The number of hydrogen-bond acceptors (Lipinski definition) is 5. The molecule has 112 valence electrons. The summed E-state index contributed by atoms with van der Waals surface area (Å²) >= 11 is 0. The molecule has 0 aromatic heterocycles. The molecule has 0 heterocycles. The fourth-order valence-electron chi connectivity index (χ4n) is 1.27. The molecular formula is C10H20N2O6S. The predicted molar refractivity (Wildman–Crippen MR) is 67.8 cm³/mol. The van der Waals surface area contributed by atoms with Crippen molar-refractivity contribution in [3.8, 4) is 0 Å². The number of carboxylic acids is 1. The number of amides is 1. The van der Waals surface area contributed by atoms with Crippen molar-refractivity contribution in [2.75, 3.05) is 13.2 Å². The number of unbranched alkanes of at least 4 members (excludes halogenated alkanes) is 3. The number of ether oxygens (including phenoxy) is 1. The first-order chi connectivity index (χ1) is 8.87. The molecule has 0 saturated carbocycles. The van der Waals surface area contributed by atoms with Crippen molar-refractivity contribution in [1.82, 2.24) is 9.44 Å². The lowest BCUT2D eigenvalue weighted by Crippen LogP contribution is -2.40. The molecule has 0 aliphatic rings. The maximum absolute atomic E-state index is 11.3. The number of rotatable bonds is 10. The van der Waals surface area contributed by atoms with E-state index >= 15 is 0 Å². The molecule has 0 spiro atoms. The van der Waals surface area contributed by atoms with Gasteiger partial charge in [0.05, 0.1) is 6.61 Å². The molecule has 0 aliphatic carbocycles. The molecule has 0 bridgehead atoms. The Bertz CT molecular complexity index is 381. The average molecular weight is 296 g/mol. The third kappa shape index (κ3) is 11.5. The SMILES string of the molecule is CCOC(=O)NS(=O)(=O)NCCCCCCC(=O)O. The molecule has 0 unspecified atom stereocenters. The van der Waals surface area contributed by atoms with Crippen LogP contribution >= 0.6 is 0 Å². The second-order valence-corrected chi connectivity index (χ2v) is 5.28. The zero-order chi connectivity index (χ0) is 14.7. The molecule has 0 fully saturated rings. The Hall–Kier alpha value is -1.35. The topological polar surface area (TPSA) is 122 Å². The van der Waals surface area contributed by atoms with Gasteiger partial charge in [-0.25, -0.2) is 9.52 Å². The zero-order valence-corrected chi connectivity index (χ0v) is 11.7. The summed E-state index contributed by atoms with van der Waals surface area (Å²) in [7, 11) is -3.88. The molecule has 3 N–H and O–H groups in total. The zero-order valence-electron chi connectivity index (χ0n) is 10.8. The van der Waals surface area contributed by atoms with Crippen LogP contribution in [0.2, 0.25) is 0 Å². The van der Waals surface area contributed by atoms with Gasteiger partial charge in [0.2, 0.25) is 0 Å². The molecule has 0 radical (unpaired) electrons. The van der Waals surface area contributed by atoms with Gasteiger partial charge in [0.25, 0.3) is 0 Å². The van der Waals surface area contributed by atoms with Gasteiger partial charge in [0.1, 0.15) is 0 Å². The molecule has 1 amide bonds. The minimum atomic E-state index is -3.88. The van der Waals surface area contributed by atoms with Crippen LogP contribution in [0.15, 0.2) is 0 Å². The van der Waals surface area contributed by atoms with Crippen LogP contribution in [0.5, 0.6) is 0 Å². The van der Waals surface area contributed by atoms with Crippen LogP contribution in [0.25, 0.3) is 0 Å². The third-order valence-corrected chi connectivity index (χ3v) is 3.12. The van der Waals surface area contributed by atoms with Crippen molar-refractivity contribution >= 4 is 22.3 Å². The molecule has 0 atom stereocenters. The highest BCUT2D eigenvalue weighted by Crippen LogP contribution is 2.02. The van der Waals surface area contributed by atoms with Crippen molar-refractivity contribution in [3.05, 3.63) is 0 Å². The molecule has 19 heavy (non-hydrogen) atoms. The van der Waals surface area contributed by atoms with Crippen LogP contribution in [0, 0.1) is 0 Å². The van der Waals surface area contributed by atoms with E-state index in [9.17, 15) is 18.0 Å². The highest BCUT2D eigenvalue weighted by molar-refractivity contribution is 7.88. The van der Waals surface area contributed by atoms with E-state index in [1.54, 1.807) is 11.6 Å². The third-order valence-electron chi connectivity index (χ3n) is 2.10. The van der Waals surface area contributed by atoms with Gasteiger partial charge < -0.3 is 9.84 Å². The maximum Gasteiger partial charge on any atom is 0.421 e. The van der Waals surface area contributed by atoms with Gasteiger partial charge in [0, 0.05) is 13.0 Å². The van der Waals surface area contributed by atoms with Gasteiger partial charge in [-0.3, -0.25) is 4.79 Å². The lowest BCUT2D eigenvalue weighted by molar-refractivity contribution is -0.137. The van der Waals surface area contributed by atoms with E-state index < -0.39 is 22.3 Å². The van der Waals surface area contributed by atoms with Gasteiger partial charge in [0.15, 0.2) is 0 Å². The number of carboxylic acid groups (broad SMARTS) is 1. The van der Waals surface area contributed by atoms with E-state index in [4.69, 9.17) is 5.11 Å². The summed E-state index contributed by atoms with van der Waals surface area (Å²) in [5, 5.41) is 8.41. The monoisotopic (exact) mass is 296 g/mol. The first kappa shape index (κ1) is 17.6. The molecule has 0 aromatic rings. The van der Waals surface area contributed by atoms with Gasteiger partial charge >= 0.3 is 22.3 Å². The summed E-state index contributed by atoms with van der Waals surface area (Å²) in [6.45, 7) is 1.84. The van der Waals surface area contributed by atoms with Crippen LogP contribution in [-0.4, -0.2) is 38.7 Å². The smallest absolute Gasteiger partial charge is 0.421 e.